The van der Waals surface area contributed by atoms with E-state index < -0.39 is 0 Å². The SMILES string of the molecule is CCOCCN(CC)CCCC1CCCNC1. The van der Waals surface area contributed by atoms with Crippen LogP contribution in [0.2, 0.25) is 0 Å². The summed E-state index contributed by atoms with van der Waals surface area (Å²) in [6.45, 7) is 12.0. The molecular formula is C14H30N2O. The van der Waals surface area contributed by atoms with E-state index in [1.54, 1.807) is 0 Å². The zero-order valence-corrected chi connectivity index (χ0v) is 11.7. The quantitative estimate of drug-likeness (QED) is 0.627. The van der Waals surface area contributed by atoms with Gasteiger partial charge < -0.3 is 15.0 Å². The average molecular weight is 242 g/mol. The number of likely N-dealkylation sites (N-methyl/N-ethyl adjacent to an activating group) is 1. The van der Waals surface area contributed by atoms with Gasteiger partial charge in [0.25, 0.3) is 0 Å². The number of nitrogens with one attached hydrogen (secondary N) is 1. The van der Waals surface area contributed by atoms with E-state index in [0.717, 1.165) is 32.2 Å². The fraction of sp³-hybridized carbons (Fsp3) is 1.00. The van der Waals surface area contributed by atoms with Gasteiger partial charge in [-0.15, -0.1) is 0 Å². The molecule has 1 atom stereocenters. The molecule has 1 aliphatic heterocycles. The van der Waals surface area contributed by atoms with Crippen LogP contribution in [0.15, 0.2) is 0 Å². The van der Waals surface area contributed by atoms with Crippen molar-refractivity contribution in [2.45, 2.75) is 39.5 Å². The van der Waals surface area contributed by atoms with E-state index in [1.807, 2.05) is 0 Å². The van der Waals surface area contributed by atoms with Gasteiger partial charge in [-0.1, -0.05) is 6.92 Å². The van der Waals surface area contributed by atoms with Gasteiger partial charge in [0.1, 0.15) is 0 Å². The van der Waals surface area contributed by atoms with Gasteiger partial charge in [-0.05, 0) is 64.7 Å². The molecule has 1 heterocycles. The number of hydrogen-bond acceptors (Lipinski definition) is 3. The van der Waals surface area contributed by atoms with Crippen molar-refractivity contribution in [1.82, 2.24) is 10.2 Å². The molecular weight excluding hydrogens is 212 g/mol. The molecule has 1 rings (SSSR count). The van der Waals surface area contributed by atoms with Crippen molar-refractivity contribution in [1.29, 1.82) is 0 Å². The van der Waals surface area contributed by atoms with E-state index in [0.29, 0.717) is 0 Å². The molecule has 0 saturated carbocycles. The van der Waals surface area contributed by atoms with E-state index >= 15 is 0 Å². The molecule has 0 aromatic rings. The second-order valence-electron chi connectivity index (χ2n) is 4.99. The van der Waals surface area contributed by atoms with Crippen LogP contribution in [0.25, 0.3) is 0 Å². The van der Waals surface area contributed by atoms with Crippen LogP contribution in [0.4, 0.5) is 0 Å². The summed E-state index contributed by atoms with van der Waals surface area (Å²) >= 11 is 0. The lowest BCUT2D eigenvalue weighted by molar-refractivity contribution is 0.114. The van der Waals surface area contributed by atoms with Crippen LogP contribution in [0.1, 0.15) is 39.5 Å². The first-order valence-electron chi connectivity index (χ1n) is 7.37. The molecule has 0 spiro atoms. The van der Waals surface area contributed by atoms with E-state index in [-0.39, 0.29) is 0 Å². The van der Waals surface area contributed by atoms with Gasteiger partial charge in [0.05, 0.1) is 6.61 Å². The van der Waals surface area contributed by atoms with Gasteiger partial charge in [-0.3, -0.25) is 0 Å². The van der Waals surface area contributed by atoms with Gasteiger partial charge >= 0.3 is 0 Å². The van der Waals surface area contributed by atoms with Crippen molar-refractivity contribution in [3.63, 3.8) is 0 Å². The lowest BCUT2D eigenvalue weighted by Gasteiger charge is -2.25. The Balaban J connectivity index is 2.01. The Bertz CT molecular complexity index is 170. The van der Waals surface area contributed by atoms with Crippen molar-refractivity contribution in [3.8, 4) is 0 Å². The summed E-state index contributed by atoms with van der Waals surface area (Å²) < 4.78 is 5.41. The molecule has 1 N–H and O–H groups in total. The highest BCUT2D eigenvalue weighted by Crippen LogP contribution is 2.15. The maximum Gasteiger partial charge on any atom is 0.0593 e. The largest absolute Gasteiger partial charge is 0.380 e. The van der Waals surface area contributed by atoms with Crippen LogP contribution in [0.3, 0.4) is 0 Å². The average Bonchev–Trinajstić information content (AvgIpc) is 2.38. The van der Waals surface area contributed by atoms with Gasteiger partial charge in [-0.2, -0.15) is 0 Å². The lowest BCUT2D eigenvalue weighted by atomic mass is 9.95. The number of rotatable bonds is 9. The fourth-order valence-electron chi connectivity index (χ4n) is 2.54. The maximum absolute atomic E-state index is 5.41. The molecule has 0 aromatic carbocycles. The van der Waals surface area contributed by atoms with Crippen LogP contribution < -0.4 is 5.32 Å². The number of hydrogen-bond donors (Lipinski definition) is 1. The summed E-state index contributed by atoms with van der Waals surface area (Å²) in [5.74, 6) is 0.925. The van der Waals surface area contributed by atoms with E-state index in [4.69, 9.17) is 4.74 Å². The molecule has 17 heavy (non-hydrogen) atoms. The van der Waals surface area contributed by atoms with Crippen molar-refractivity contribution >= 4 is 0 Å². The van der Waals surface area contributed by atoms with Gasteiger partial charge in [0.15, 0.2) is 0 Å². The maximum atomic E-state index is 5.41. The lowest BCUT2D eigenvalue weighted by Crippen LogP contribution is -2.32. The molecule has 0 bridgehead atoms. The molecule has 1 fully saturated rings. The predicted octanol–water partition coefficient (Wildman–Crippen LogP) is 2.12. The standard InChI is InChI=1S/C14H30N2O/c1-3-16(11-12-17-4-2)10-6-8-14-7-5-9-15-13-14/h14-15H,3-13H2,1-2H3. The Morgan fingerprint density at radius 1 is 1.29 bits per heavy atom. The van der Waals surface area contributed by atoms with Crippen molar-refractivity contribution < 1.29 is 4.74 Å². The van der Waals surface area contributed by atoms with Gasteiger partial charge in [-0.25, -0.2) is 0 Å². The summed E-state index contributed by atoms with van der Waals surface area (Å²) in [6.07, 6.45) is 5.52. The fourth-order valence-corrected chi connectivity index (χ4v) is 2.54. The van der Waals surface area contributed by atoms with Crippen LogP contribution in [0, 0.1) is 5.92 Å². The smallest absolute Gasteiger partial charge is 0.0593 e. The highest BCUT2D eigenvalue weighted by atomic mass is 16.5. The van der Waals surface area contributed by atoms with Gasteiger partial charge in [0.2, 0.25) is 0 Å². The first kappa shape index (κ1) is 14.9. The Morgan fingerprint density at radius 2 is 2.18 bits per heavy atom. The van der Waals surface area contributed by atoms with Crippen LogP contribution >= 0.6 is 0 Å². The Morgan fingerprint density at radius 3 is 2.82 bits per heavy atom. The molecule has 0 aromatic heterocycles. The van der Waals surface area contributed by atoms with Crippen molar-refractivity contribution in [3.05, 3.63) is 0 Å². The second-order valence-corrected chi connectivity index (χ2v) is 4.99. The zero-order chi connectivity index (χ0) is 12.3. The number of ether oxygens (including phenoxy) is 1. The Kier molecular flexibility index (Phi) is 8.67. The minimum atomic E-state index is 0.839. The van der Waals surface area contributed by atoms with Gasteiger partial charge in [0, 0.05) is 13.2 Å². The summed E-state index contributed by atoms with van der Waals surface area (Å²) in [7, 11) is 0. The topological polar surface area (TPSA) is 24.5 Å². The predicted molar refractivity (Wildman–Crippen MR) is 73.4 cm³/mol. The summed E-state index contributed by atoms with van der Waals surface area (Å²) in [5.41, 5.74) is 0. The summed E-state index contributed by atoms with van der Waals surface area (Å²) in [5, 5.41) is 3.50. The van der Waals surface area contributed by atoms with E-state index in [1.165, 1.54) is 45.3 Å². The van der Waals surface area contributed by atoms with Crippen LogP contribution in [0.5, 0.6) is 0 Å². The van der Waals surface area contributed by atoms with E-state index in [9.17, 15) is 0 Å². The number of nitrogens with zero attached hydrogens (tertiary/aromatic N) is 1. The second kappa shape index (κ2) is 9.86. The molecule has 1 aliphatic rings. The first-order chi connectivity index (χ1) is 8.36. The van der Waals surface area contributed by atoms with Crippen molar-refractivity contribution in [2.24, 2.45) is 5.92 Å². The third kappa shape index (κ3) is 7.02. The monoisotopic (exact) mass is 242 g/mol. The highest BCUT2D eigenvalue weighted by Gasteiger charge is 2.12. The highest BCUT2D eigenvalue weighted by molar-refractivity contribution is 4.69. The van der Waals surface area contributed by atoms with Crippen LogP contribution in [-0.2, 0) is 4.74 Å². The number of piperidine rings is 1. The minimum absolute atomic E-state index is 0.839. The molecule has 0 aliphatic carbocycles. The minimum Gasteiger partial charge on any atom is -0.380 e. The molecule has 0 radical (unpaired) electrons. The first-order valence-corrected chi connectivity index (χ1v) is 7.37. The zero-order valence-electron chi connectivity index (χ0n) is 11.7. The van der Waals surface area contributed by atoms with Crippen molar-refractivity contribution in [2.75, 3.05) is 45.9 Å². The molecule has 1 unspecified atom stereocenters. The molecule has 0 amide bonds. The Labute approximate surface area is 107 Å². The Hall–Kier alpha value is -0.120. The molecule has 1 saturated heterocycles. The molecule has 3 nitrogen and oxygen atoms in total. The summed E-state index contributed by atoms with van der Waals surface area (Å²) in [6, 6.07) is 0. The summed E-state index contributed by atoms with van der Waals surface area (Å²) in [4.78, 5) is 2.51. The van der Waals surface area contributed by atoms with E-state index in [2.05, 4.69) is 24.1 Å². The third-order valence-electron chi connectivity index (χ3n) is 3.69. The molecule has 102 valence electrons. The molecule has 3 heteroatoms. The van der Waals surface area contributed by atoms with Crippen LogP contribution in [-0.4, -0.2) is 50.8 Å². The normalized spacial score (nSPS) is 21.0. The third-order valence-corrected chi connectivity index (χ3v) is 3.69.